The van der Waals surface area contributed by atoms with Crippen molar-refractivity contribution in [2.45, 2.75) is 13.0 Å². The van der Waals surface area contributed by atoms with Gasteiger partial charge in [0.25, 0.3) is 0 Å². The van der Waals surface area contributed by atoms with Crippen LogP contribution in [-0.4, -0.2) is 18.5 Å². The Hall–Kier alpha value is -1.36. The Bertz CT molecular complexity index is 395. The van der Waals surface area contributed by atoms with Gasteiger partial charge in [-0.2, -0.15) is 12.6 Å². The number of rotatable bonds is 4. The molecule has 1 heterocycles. The summed E-state index contributed by atoms with van der Waals surface area (Å²) in [5.74, 6) is 2.06. The SMILES string of the molecule is O=C(CCS)NCc1ccc2c(c1)OCO2. The number of benzene rings is 1. The molecule has 0 atom stereocenters. The third-order valence-electron chi connectivity index (χ3n) is 2.27. The van der Waals surface area contributed by atoms with Crippen LogP contribution in [-0.2, 0) is 11.3 Å². The minimum atomic E-state index is 0.00710. The Morgan fingerprint density at radius 2 is 2.19 bits per heavy atom. The quantitative estimate of drug-likeness (QED) is 0.780. The van der Waals surface area contributed by atoms with Crippen molar-refractivity contribution in [3.63, 3.8) is 0 Å². The van der Waals surface area contributed by atoms with E-state index in [1.165, 1.54) is 0 Å². The van der Waals surface area contributed by atoms with Gasteiger partial charge in [0.05, 0.1) is 0 Å². The van der Waals surface area contributed by atoms with Crippen LogP contribution in [0.2, 0.25) is 0 Å². The normalized spacial score (nSPS) is 12.6. The molecule has 1 N–H and O–H groups in total. The summed E-state index contributed by atoms with van der Waals surface area (Å²) in [6, 6.07) is 5.64. The number of ether oxygens (including phenoxy) is 2. The van der Waals surface area contributed by atoms with Crippen molar-refractivity contribution in [3.05, 3.63) is 23.8 Å². The smallest absolute Gasteiger partial charge is 0.231 e. The third-order valence-corrected chi connectivity index (χ3v) is 2.49. The second kappa shape index (κ2) is 5.12. The van der Waals surface area contributed by atoms with Gasteiger partial charge in [-0.3, -0.25) is 4.79 Å². The highest BCUT2D eigenvalue weighted by molar-refractivity contribution is 7.80. The fourth-order valence-electron chi connectivity index (χ4n) is 1.44. The number of carbonyl (C=O) groups excluding carboxylic acids is 1. The maximum absolute atomic E-state index is 11.2. The predicted octanol–water partition coefficient (Wildman–Crippen LogP) is 1.35. The molecule has 0 spiro atoms. The molecule has 16 heavy (non-hydrogen) atoms. The van der Waals surface area contributed by atoms with Crippen molar-refractivity contribution in [1.82, 2.24) is 5.32 Å². The zero-order valence-corrected chi connectivity index (χ0v) is 9.63. The molecular weight excluding hydrogens is 226 g/mol. The van der Waals surface area contributed by atoms with E-state index in [-0.39, 0.29) is 12.7 Å². The lowest BCUT2D eigenvalue weighted by Crippen LogP contribution is -2.22. The molecule has 0 aromatic heterocycles. The third kappa shape index (κ3) is 2.61. The Morgan fingerprint density at radius 3 is 3.00 bits per heavy atom. The van der Waals surface area contributed by atoms with Gasteiger partial charge < -0.3 is 14.8 Å². The fraction of sp³-hybridized carbons (Fsp3) is 0.364. The van der Waals surface area contributed by atoms with Gasteiger partial charge in [0.2, 0.25) is 12.7 Å². The van der Waals surface area contributed by atoms with Crippen LogP contribution < -0.4 is 14.8 Å². The molecule has 1 aromatic carbocycles. The molecule has 0 radical (unpaired) electrons. The van der Waals surface area contributed by atoms with Crippen LogP contribution in [0.1, 0.15) is 12.0 Å². The van der Waals surface area contributed by atoms with Gasteiger partial charge in [-0.1, -0.05) is 6.07 Å². The minimum absolute atomic E-state index is 0.00710. The Kier molecular flexibility index (Phi) is 3.56. The highest BCUT2D eigenvalue weighted by atomic mass is 32.1. The molecule has 4 nitrogen and oxygen atoms in total. The number of hydrogen-bond acceptors (Lipinski definition) is 4. The summed E-state index contributed by atoms with van der Waals surface area (Å²) in [6.07, 6.45) is 0.438. The molecule has 0 bridgehead atoms. The van der Waals surface area contributed by atoms with Gasteiger partial charge in [-0.25, -0.2) is 0 Å². The molecule has 0 unspecified atom stereocenters. The van der Waals surface area contributed by atoms with Gasteiger partial charge in [0, 0.05) is 13.0 Å². The van der Waals surface area contributed by atoms with Gasteiger partial charge in [-0.15, -0.1) is 0 Å². The monoisotopic (exact) mass is 239 g/mol. The van der Waals surface area contributed by atoms with E-state index in [4.69, 9.17) is 9.47 Å². The summed E-state index contributed by atoms with van der Waals surface area (Å²) in [7, 11) is 0. The first-order valence-electron chi connectivity index (χ1n) is 5.05. The number of amides is 1. The average Bonchev–Trinajstić information content (AvgIpc) is 2.74. The van der Waals surface area contributed by atoms with Crippen LogP contribution in [0, 0.1) is 0 Å². The van der Waals surface area contributed by atoms with Crippen molar-refractivity contribution < 1.29 is 14.3 Å². The van der Waals surface area contributed by atoms with Crippen molar-refractivity contribution in [3.8, 4) is 11.5 Å². The highest BCUT2D eigenvalue weighted by Gasteiger charge is 2.13. The maximum atomic E-state index is 11.2. The van der Waals surface area contributed by atoms with E-state index in [1.807, 2.05) is 18.2 Å². The molecule has 1 amide bonds. The average molecular weight is 239 g/mol. The van der Waals surface area contributed by atoms with Crippen LogP contribution in [0.25, 0.3) is 0 Å². The summed E-state index contributed by atoms with van der Waals surface area (Å²) in [5, 5.41) is 2.81. The Labute approximate surface area is 99.3 Å². The van der Waals surface area contributed by atoms with Gasteiger partial charge in [-0.05, 0) is 23.4 Å². The maximum Gasteiger partial charge on any atom is 0.231 e. The topological polar surface area (TPSA) is 47.6 Å². The van der Waals surface area contributed by atoms with E-state index in [0.29, 0.717) is 18.7 Å². The molecule has 2 rings (SSSR count). The molecule has 1 aliphatic rings. The molecule has 1 aromatic rings. The first-order chi connectivity index (χ1) is 7.79. The minimum Gasteiger partial charge on any atom is -0.454 e. The lowest BCUT2D eigenvalue weighted by Gasteiger charge is -2.05. The Morgan fingerprint density at radius 1 is 1.38 bits per heavy atom. The van der Waals surface area contributed by atoms with Crippen LogP contribution in [0.15, 0.2) is 18.2 Å². The molecule has 0 saturated heterocycles. The molecule has 1 aliphatic heterocycles. The number of carbonyl (C=O) groups is 1. The number of nitrogens with one attached hydrogen (secondary N) is 1. The summed E-state index contributed by atoms with van der Waals surface area (Å²) < 4.78 is 10.4. The first kappa shape index (κ1) is 11.1. The number of hydrogen-bond donors (Lipinski definition) is 2. The van der Waals surface area contributed by atoms with E-state index < -0.39 is 0 Å². The molecule has 86 valence electrons. The number of fused-ring (bicyclic) bond motifs is 1. The van der Waals surface area contributed by atoms with E-state index in [9.17, 15) is 4.79 Å². The van der Waals surface area contributed by atoms with E-state index in [2.05, 4.69) is 17.9 Å². The van der Waals surface area contributed by atoms with Crippen molar-refractivity contribution in [2.24, 2.45) is 0 Å². The van der Waals surface area contributed by atoms with Gasteiger partial charge in [0.15, 0.2) is 11.5 Å². The molecule has 0 fully saturated rings. The highest BCUT2D eigenvalue weighted by Crippen LogP contribution is 2.32. The zero-order valence-electron chi connectivity index (χ0n) is 8.73. The summed E-state index contributed by atoms with van der Waals surface area (Å²) in [6.45, 7) is 0.772. The predicted molar refractivity (Wildman–Crippen MR) is 62.9 cm³/mol. The van der Waals surface area contributed by atoms with Crippen molar-refractivity contribution in [1.29, 1.82) is 0 Å². The van der Waals surface area contributed by atoms with Crippen LogP contribution in [0.5, 0.6) is 11.5 Å². The largest absolute Gasteiger partial charge is 0.454 e. The summed E-state index contributed by atoms with van der Waals surface area (Å²) >= 11 is 4.00. The van der Waals surface area contributed by atoms with E-state index in [0.717, 1.165) is 17.1 Å². The van der Waals surface area contributed by atoms with Crippen LogP contribution >= 0.6 is 12.6 Å². The van der Waals surface area contributed by atoms with E-state index >= 15 is 0 Å². The molecule has 0 aliphatic carbocycles. The fourth-order valence-corrected chi connectivity index (χ4v) is 1.64. The van der Waals surface area contributed by atoms with Gasteiger partial charge >= 0.3 is 0 Å². The van der Waals surface area contributed by atoms with E-state index in [1.54, 1.807) is 0 Å². The Balaban J connectivity index is 1.93. The van der Waals surface area contributed by atoms with Crippen LogP contribution in [0.3, 0.4) is 0 Å². The lowest BCUT2D eigenvalue weighted by molar-refractivity contribution is -0.120. The van der Waals surface area contributed by atoms with Gasteiger partial charge in [0.1, 0.15) is 0 Å². The number of thiol groups is 1. The van der Waals surface area contributed by atoms with Crippen molar-refractivity contribution >= 4 is 18.5 Å². The second-order valence-corrected chi connectivity index (χ2v) is 3.89. The second-order valence-electron chi connectivity index (χ2n) is 3.44. The van der Waals surface area contributed by atoms with Crippen LogP contribution in [0.4, 0.5) is 0 Å². The standard InChI is InChI=1S/C11H13NO3S/c13-11(3-4-16)12-6-8-1-2-9-10(5-8)15-7-14-9/h1-2,5,16H,3-4,6-7H2,(H,12,13). The lowest BCUT2D eigenvalue weighted by atomic mass is 10.2. The molecule has 0 saturated carbocycles. The molecular formula is C11H13NO3S. The first-order valence-corrected chi connectivity index (χ1v) is 5.69. The summed E-state index contributed by atoms with van der Waals surface area (Å²) in [4.78, 5) is 11.2. The molecule has 5 heteroatoms. The summed E-state index contributed by atoms with van der Waals surface area (Å²) in [5.41, 5.74) is 0.997. The zero-order chi connectivity index (χ0) is 11.4. The van der Waals surface area contributed by atoms with Crippen molar-refractivity contribution in [2.75, 3.05) is 12.5 Å².